The van der Waals surface area contributed by atoms with Crippen molar-refractivity contribution in [3.63, 3.8) is 0 Å². The molecular formula is C24H30N2O4. The number of carbonyl (C=O) groups excluding carboxylic acids is 2. The fourth-order valence-electron chi connectivity index (χ4n) is 3.57. The molecule has 1 heterocycles. The highest BCUT2D eigenvalue weighted by Crippen LogP contribution is 2.28. The Morgan fingerprint density at radius 2 is 1.67 bits per heavy atom. The first-order chi connectivity index (χ1) is 14.3. The second-order valence-corrected chi connectivity index (χ2v) is 8.54. The van der Waals surface area contributed by atoms with Gasteiger partial charge in [0.2, 0.25) is 0 Å². The van der Waals surface area contributed by atoms with Gasteiger partial charge in [-0.25, -0.2) is 9.59 Å². The predicted octanol–water partition coefficient (Wildman–Crippen LogP) is 4.71. The first-order valence-electron chi connectivity index (χ1n) is 10.3. The summed E-state index contributed by atoms with van der Waals surface area (Å²) < 4.78 is 10.9. The van der Waals surface area contributed by atoms with Crippen LogP contribution in [-0.4, -0.2) is 41.8 Å². The first kappa shape index (κ1) is 21.7. The van der Waals surface area contributed by atoms with Crippen LogP contribution in [-0.2, 0) is 16.1 Å². The van der Waals surface area contributed by atoms with Crippen molar-refractivity contribution < 1.29 is 19.1 Å². The molecule has 2 unspecified atom stereocenters. The summed E-state index contributed by atoms with van der Waals surface area (Å²) in [6, 6.07) is 19.4. The number of rotatable bonds is 4. The first-order valence-corrected chi connectivity index (χ1v) is 10.3. The maximum atomic E-state index is 12.6. The minimum atomic E-state index is -0.546. The summed E-state index contributed by atoms with van der Waals surface area (Å²) in [6.07, 6.45) is -0.150. The van der Waals surface area contributed by atoms with E-state index in [-0.39, 0.29) is 24.7 Å². The molecule has 2 aromatic carbocycles. The van der Waals surface area contributed by atoms with Crippen LogP contribution in [0.15, 0.2) is 60.7 Å². The van der Waals surface area contributed by atoms with E-state index >= 15 is 0 Å². The van der Waals surface area contributed by atoms with Crippen LogP contribution in [0, 0.1) is 0 Å². The number of hydrogen-bond acceptors (Lipinski definition) is 4. The molecule has 2 aromatic rings. The molecule has 1 fully saturated rings. The van der Waals surface area contributed by atoms with Gasteiger partial charge in [-0.3, -0.25) is 0 Å². The molecule has 1 saturated heterocycles. The molecule has 1 N–H and O–H groups in total. The Labute approximate surface area is 178 Å². The third-order valence-electron chi connectivity index (χ3n) is 5.01. The van der Waals surface area contributed by atoms with E-state index in [0.717, 1.165) is 11.1 Å². The average molecular weight is 411 g/mol. The van der Waals surface area contributed by atoms with E-state index in [0.29, 0.717) is 19.5 Å². The minimum absolute atomic E-state index is 0.0447. The predicted molar refractivity (Wildman–Crippen MR) is 115 cm³/mol. The molecule has 0 bridgehead atoms. The van der Waals surface area contributed by atoms with E-state index in [2.05, 4.69) is 5.32 Å². The van der Waals surface area contributed by atoms with Crippen LogP contribution < -0.4 is 5.32 Å². The van der Waals surface area contributed by atoms with Gasteiger partial charge in [0.1, 0.15) is 12.2 Å². The van der Waals surface area contributed by atoms with Gasteiger partial charge in [0.15, 0.2) is 0 Å². The number of hydrogen-bond donors (Lipinski definition) is 1. The molecule has 30 heavy (non-hydrogen) atoms. The Hall–Kier alpha value is -3.02. The third-order valence-corrected chi connectivity index (χ3v) is 5.01. The Morgan fingerprint density at radius 1 is 1.03 bits per heavy atom. The van der Waals surface area contributed by atoms with Crippen molar-refractivity contribution in [1.29, 1.82) is 0 Å². The van der Waals surface area contributed by atoms with Crippen molar-refractivity contribution >= 4 is 12.2 Å². The second kappa shape index (κ2) is 9.65. The van der Waals surface area contributed by atoms with E-state index < -0.39 is 11.7 Å². The highest BCUT2D eigenvalue weighted by Gasteiger charge is 2.35. The van der Waals surface area contributed by atoms with Crippen LogP contribution in [0.1, 0.15) is 44.2 Å². The fourth-order valence-corrected chi connectivity index (χ4v) is 3.57. The van der Waals surface area contributed by atoms with Crippen LogP contribution in [0.5, 0.6) is 0 Å². The fraction of sp³-hybridized carbons (Fsp3) is 0.417. The summed E-state index contributed by atoms with van der Waals surface area (Å²) in [5, 5.41) is 3.01. The van der Waals surface area contributed by atoms with E-state index in [4.69, 9.17) is 9.47 Å². The number of piperidine rings is 1. The monoisotopic (exact) mass is 410 g/mol. The van der Waals surface area contributed by atoms with Gasteiger partial charge in [-0.05, 0) is 38.3 Å². The number of nitrogens with zero attached hydrogens (tertiary/aromatic N) is 1. The zero-order valence-electron chi connectivity index (χ0n) is 17.8. The molecule has 1 aliphatic heterocycles. The van der Waals surface area contributed by atoms with Gasteiger partial charge in [0.05, 0.1) is 0 Å². The topological polar surface area (TPSA) is 67.9 Å². The highest BCUT2D eigenvalue weighted by atomic mass is 16.6. The van der Waals surface area contributed by atoms with Crippen molar-refractivity contribution in [2.45, 2.75) is 51.4 Å². The minimum Gasteiger partial charge on any atom is -0.445 e. The van der Waals surface area contributed by atoms with Crippen molar-refractivity contribution in [3.05, 3.63) is 71.8 Å². The van der Waals surface area contributed by atoms with Crippen molar-refractivity contribution in [1.82, 2.24) is 10.2 Å². The van der Waals surface area contributed by atoms with Gasteiger partial charge in [-0.1, -0.05) is 60.7 Å². The summed E-state index contributed by atoms with van der Waals surface area (Å²) in [4.78, 5) is 26.7. The maximum Gasteiger partial charge on any atom is 0.410 e. The number of likely N-dealkylation sites (tertiary alicyclic amines) is 1. The summed E-state index contributed by atoms with van der Waals surface area (Å²) >= 11 is 0. The molecule has 6 nitrogen and oxygen atoms in total. The van der Waals surface area contributed by atoms with Gasteiger partial charge < -0.3 is 19.7 Å². The van der Waals surface area contributed by atoms with Gasteiger partial charge in [0, 0.05) is 25.0 Å². The highest BCUT2D eigenvalue weighted by molar-refractivity contribution is 5.69. The smallest absolute Gasteiger partial charge is 0.410 e. The van der Waals surface area contributed by atoms with Crippen molar-refractivity contribution in [2.24, 2.45) is 0 Å². The standard InChI is InChI=1S/C24H30N2O4/c1-24(2,3)30-23(28)26-15-14-21(20(16-26)19-12-8-5-9-13-19)25-22(27)29-17-18-10-6-4-7-11-18/h4-13,20-21H,14-17H2,1-3H3,(H,25,27). The molecule has 0 aromatic heterocycles. The van der Waals surface area contributed by atoms with Crippen LogP contribution in [0.25, 0.3) is 0 Å². The molecule has 3 rings (SSSR count). The van der Waals surface area contributed by atoms with Crippen molar-refractivity contribution in [2.75, 3.05) is 13.1 Å². The van der Waals surface area contributed by atoms with E-state index in [1.165, 1.54) is 0 Å². The quantitative estimate of drug-likeness (QED) is 0.793. The summed E-state index contributed by atoms with van der Waals surface area (Å²) in [5.74, 6) is -0.0447. The summed E-state index contributed by atoms with van der Waals surface area (Å²) in [7, 11) is 0. The number of benzene rings is 2. The molecule has 0 aliphatic carbocycles. The van der Waals surface area contributed by atoms with E-state index in [1.54, 1.807) is 4.90 Å². The molecule has 2 amide bonds. The Bertz CT molecular complexity index is 833. The normalized spacial score (nSPS) is 19.1. The molecule has 0 radical (unpaired) electrons. The van der Waals surface area contributed by atoms with Gasteiger partial charge in [-0.2, -0.15) is 0 Å². The Balaban J connectivity index is 1.65. The molecule has 2 atom stereocenters. The molecular weight excluding hydrogens is 380 g/mol. The lowest BCUT2D eigenvalue weighted by molar-refractivity contribution is 0.0175. The van der Waals surface area contributed by atoms with Crippen LogP contribution in [0.3, 0.4) is 0 Å². The number of nitrogens with one attached hydrogen (secondary N) is 1. The molecule has 6 heteroatoms. The SMILES string of the molecule is CC(C)(C)OC(=O)N1CCC(NC(=O)OCc2ccccc2)C(c2ccccc2)C1. The van der Waals surface area contributed by atoms with Crippen LogP contribution in [0.2, 0.25) is 0 Å². The van der Waals surface area contributed by atoms with Crippen LogP contribution >= 0.6 is 0 Å². The Kier molecular flexibility index (Phi) is 6.98. The maximum absolute atomic E-state index is 12.6. The summed E-state index contributed by atoms with van der Waals surface area (Å²) in [6.45, 7) is 6.79. The van der Waals surface area contributed by atoms with Gasteiger partial charge in [0.25, 0.3) is 0 Å². The summed E-state index contributed by atoms with van der Waals surface area (Å²) in [5.41, 5.74) is 1.46. The molecule has 0 spiro atoms. The lowest BCUT2D eigenvalue weighted by Gasteiger charge is -2.39. The molecule has 0 saturated carbocycles. The van der Waals surface area contributed by atoms with E-state index in [1.807, 2.05) is 81.4 Å². The number of alkyl carbamates (subject to hydrolysis) is 1. The second-order valence-electron chi connectivity index (χ2n) is 8.54. The Morgan fingerprint density at radius 3 is 2.30 bits per heavy atom. The van der Waals surface area contributed by atoms with Crippen molar-refractivity contribution in [3.8, 4) is 0 Å². The third kappa shape index (κ3) is 6.24. The average Bonchev–Trinajstić information content (AvgIpc) is 2.72. The van der Waals surface area contributed by atoms with Crippen LogP contribution in [0.4, 0.5) is 9.59 Å². The number of carbonyl (C=O) groups is 2. The lowest BCUT2D eigenvalue weighted by Crippen LogP contribution is -2.52. The lowest BCUT2D eigenvalue weighted by atomic mass is 9.86. The largest absolute Gasteiger partial charge is 0.445 e. The number of amides is 2. The zero-order valence-corrected chi connectivity index (χ0v) is 17.8. The molecule has 1 aliphatic rings. The van der Waals surface area contributed by atoms with E-state index in [9.17, 15) is 9.59 Å². The van der Waals surface area contributed by atoms with Gasteiger partial charge >= 0.3 is 12.2 Å². The number of ether oxygens (including phenoxy) is 2. The zero-order chi connectivity index (χ0) is 21.6. The molecule has 160 valence electrons. The van der Waals surface area contributed by atoms with Gasteiger partial charge in [-0.15, -0.1) is 0 Å².